The maximum Gasteiger partial charge on any atom is 0.118 e. The van der Waals surface area contributed by atoms with Gasteiger partial charge in [0, 0.05) is 0 Å². The van der Waals surface area contributed by atoms with E-state index >= 15 is 0 Å². The van der Waals surface area contributed by atoms with E-state index in [2.05, 4.69) is 0 Å². The second-order valence-electron chi connectivity index (χ2n) is 4.42. The van der Waals surface area contributed by atoms with Gasteiger partial charge in [-0.05, 0) is 54.7 Å². The van der Waals surface area contributed by atoms with Crippen LogP contribution in [0.15, 0.2) is 36.4 Å². The number of phenolic OH excluding ortho intramolecular Hbond substituents is 2. The number of benzene rings is 2. The molecular formula is C15H16O2. The maximum atomic E-state index is 9.64. The van der Waals surface area contributed by atoms with Gasteiger partial charge in [-0.25, -0.2) is 0 Å². The molecule has 0 amide bonds. The summed E-state index contributed by atoms with van der Waals surface area (Å²) in [5.41, 5.74) is 3.95. The predicted molar refractivity (Wildman–Crippen MR) is 68.5 cm³/mol. The van der Waals surface area contributed by atoms with Crippen molar-refractivity contribution < 1.29 is 10.2 Å². The Morgan fingerprint density at radius 2 is 1.41 bits per heavy atom. The van der Waals surface area contributed by atoms with E-state index in [0.29, 0.717) is 11.5 Å². The molecule has 2 N–H and O–H groups in total. The Balaban J connectivity index is 2.25. The van der Waals surface area contributed by atoms with Crippen LogP contribution in [0.3, 0.4) is 0 Å². The van der Waals surface area contributed by atoms with Crippen LogP contribution in [-0.4, -0.2) is 10.2 Å². The summed E-state index contributed by atoms with van der Waals surface area (Å²) in [5.74, 6) is 0.651. The minimum Gasteiger partial charge on any atom is -0.508 e. The van der Waals surface area contributed by atoms with E-state index in [9.17, 15) is 10.2 Å². The minimum atomic E-state index is 0.320. The second kappa shape index (κ2) is 4.50. The number of aromatic hydroxyl groups is 2. The minimum absolute atomic E-state index is 0.320. The first kappa shape index (κ1) is 11.5. The quantitative estimate of drug-likeness (QED) is 0.828. The van der Waals surface area contributed by atoms with Crippen LogP contribution in [-0.2, 0) is 6.42 Å². The molecule has 0 atom stereocenters. The van der Waals surface area contributed by atoms with Gasteiger partial charge >= 0.3 is 0 Å². The molecule has 2 aromatic rings. The van der Waals surface area contributed by atoms with E-state index < -0.39 is 0 Å². The maximum absolute atomic E-state index is 9.64. The lowest BCUT2D eigenvalue weighted by atomic mass is 10.0. The van der Waals surface area contributed by atoms with Crippen LogP contribution in [0.5, 0.6) is 11.5 Å². The number of hydrogen-bond acceptors (Lipinski definition) is 2. The smallest absolute Gasteiger partial charge is 0.118 e. The molecule has 0 heterocycles. The fraction of sp³-hybridized carbons (Fsp3) is 0.200. The highest BCUT2D eigenvalue weighted by molar-refractivity contribution is 5.40. The summed E-state index contributed by atoms with van der Waals surface area (Å²) in [6.07, 6.45) is 0.759. The number of aryl methyl sites for hydroxylation is 2. The van der Waals surface area contributed by atoms with Gasteiger partial charge in [0.05, 0.1) is 0 Å². The van der Waals surface area contributed by atoms with Gasteiger partial charge < -0.3 is 10.2 Å². The Morgan fingerprint density at radius 3 is 2.06 bits per heavy atom. The molecule has 0 aliphatic carbocycles. The summed E-state index contributed by atoms with van der Waals surface area (Å²) in [6, 6.07) is 11.3. The van der Waals surface area contributed by atoms with Crippen LogP contribution in [0.25, 0.3) is 0 Å². The second-order valence-corrected chi connectivity index (χ2v) is 4.42. The largest absolute Gasteiger partial charge is 0.508 e. The molecule has 0 aromatic heterocycles. The van der Waals surface area contributed by atoms with Crippen molar-refractivity contribution in [3.63, 3.8) is 0 Å². The summed E-state index contributed by atoms with van der Waals surface area (Å²) in [5, 5.41) is 19.1. The van der Waals surface area contributed by atoms with Crippen molar-refractivity contribution in [2.45, 2.75) is 20.3 Å². The van der Waals surface area contributed by atoms with Crippen molar-refractivity contribution in [2.75, 3.05) is 0 Å². The summed E-state index contributed by atoms with van der Waals surface area (Å²) >= 11 is 0. The molecule has 0 bridgehead atoms. The molecule has 0 aliphatic heterocycles. The normalized spacial score (nSPS) is 10.5. The lowest BCUT2D eigenvalue weighted by Crippen LogP contribution is -1.89. The molecule has 0 unspecified atom stereocenters. The zero-order chi connectivity index (χ0) is 12.4. The van der Waals surface area contributed by atoms with Crippen molar-refractivity contribution in [3.05, 3.63) is 58.7 Å². The molecular weight excluding hydrogens is 212 g/mol. The monoisotopic (exact) mass is 228 g/mol. The van der Waals surface area contributed by atoms with Gasteiger partial charge in [0.2, 0.25) is 0 Å². The number of hydrogen-bond donors (Lipinski definition) is 2. The fourth-order valence-electron chi connectivity index (χ4n) is 1.83. The lowest BCUT2D eigenvalue weighted by molar-refractivity contribution is 0.469. The standard InChI is InChI=1S/C15H16O2/c1-10-3-4-13(9-15(10)17)8-12-5-6-14(16)11(2)7-12/h3-7,9,16-17H,8H2,1-2H3. The molecule has 0 saturated carbocycles. The van der Waals surface area contributed by atoms with Crippen LogP contribution in [0, 0.1) is 13.8 Å². The van der Waals surface area contributed by atoms with Gasteiger partial charge in [-0.2, -0.15) is 0 Å². The number of rotatable bonds is 2. The fourth-order valence-corrected chi connectivity index (χ4v) is 1.83. The first-order chi connectivity index (χ1) is 8.06. The lowest BCUT2D eigenvalue weighted by Gasteiger charge is -2.06. The van der Waals surface area contributed by atoms with Gasteiger partial charge in [-0.3, -0.25) is 0 Å². The average molecular weight is 228 g/mol. The topological polar surface area (TPSA) is 40.5 Å². The van der Waals surface area contributed by atoms with Crippen molar-refractivity contribution >= 4 is 0 Å². The average Bonchev–Trinajstić information content (AvgIpc) is 2.29. The Labute approximate surface area is 101 Å². The molecule has 2 heteroatoms. The van der Waals surface area contributed by atoms with E-state index in [1.165, 1.54) is 0 Å². The van der Waals surface area contributed by atoms with Crippen molar-refractivity contribution in [1.82, 2.24) is 0 Å². The van der Waals surface area contributed by atoms with Gasteiger partial charge in [0.1, 0.15) is 11.5 Å². The van der Waals surface area contributed by atoms with Gasteiger partial charge in [0.15, 0.2) is 0 Å². The third kappa shape index (κ3) is 2.59. The summed E-state index contributed by atoms with van der Waals surface area (Å²) in [6.45, 7) is 3.76. The summed E-state index contributed by atoms with van der Waals surface area (Å²) < 4.78 is 0. The first-order valence-corrected chi connectivity index (χ1v) is 5.63. The predicted octanol–water partition coefficient (Wildman–Crippen LogP) is 3.31. The van der Waals surface area contributed by atoms with E-state index in [0.717, 1.165) is 28.7 Å². The highest BCUT2D eigenvalue weighted by atomic mass is 16.3. The molecule has 0 saturated heterocycles. The molecule has 2 aromatic carbocycles. The molecule has 0 spiro atoms. The third-order valence-electron chi connectivity index (χ3n) is 2.94. The van der Waals surface area contributed by atoms with E-state index in [1.807, 2.05) is 38.1 Å². The Kier molecular flexibility index (Phi) is 3.05. The third-order valence-corrected chi connectivity index (χ3v) is 2.94. The molecule has 2 rings (SSSR count). The first-order valence-electron chi connectivity index (χ1n) is 5.63. The summed E-state index contributed by atoms with van der Waals surface area (Å²) in [7, 11) is 0. The van der Waals surface area contributed by atoms with Gasteiger partial charge in [-0.15, -0.1) is 0 Å². The molecule has 17 heavy (non-hydrogen) atoms. The van der Waals surface area contributed by atoms with Crippen LogP contribution in [0.2, 0.25) is 0 Å². The molecule has 2 nitrogen and oxygen atoms in total. The molecule has 0 radical (unpaired) electrons. The highest BCUT2D eigenvalue weighted by Crippen LogP contribution is 2.22. The zero-order valence-corrected chi connectivity index (χ0v) is 10.1. The zero-order valence-electron chi connectivity index (χ0n) is 10.1. The van der Waals surface area contributed by atoms with Gasteiger partial charge in [-0.1, -0.05) is 24.3 Å². The van der Waals surface area contributed by atoms with E-state index in [4.69, 9.17) is 0 Å². The Bertz CT molecular complexity index is 495. The van der Waals surface area contributed by atoms with E-state index in [1.54, 1.807) is 12.1 Å². The SMILES string of the molecule is Cc1cc(Cc2ccc(C)c(O)c2)ccc1O. The number of phenols is 2. The Morgan fingerprint density at radius 1 is 0.765 bits per heavy atom. The van der Waals surface area contributed by atoms with Crippen molar-refractivity contribution in [1.29, 1.82) is 0 Å². The van der Waals surface area contributed by atoms with Crippen molar-refractivity contribution in [2.24, 2.45) is 0 Å². The molecule has 88 valence electrons. The highest BCUT2D eigenvalue weighted by Gasteiger charge is 2.02. The van der Waals surface area contributed by atoms with Crippen LogP contribution < -0.4 is 0 Å². The Hall–Kier alpha value is -1.96. The van der Waals surface area contributed by atoms with Crippen LogP contribution in [0.4, 0.5) is 0 Å². The van der Waals surface area contributed by atoms with E-state index in [-0.39, 0.29) is 0 Å². The molecule has 0 aliphatic rings. The van der Waals surface area contributed by atoms with Gasteiger partial charge in [0.25, 0.3) is 0 Å². The van der Waals surface area contributed by atoms with Crippen LogP contribution in [0.1, 0.15) is 22.3 Å². The van der Waals surface area contributed by atoms with Crippen LogP contribution >= 0.6 is 0 Å². The summed E-state index contributed by atoms with van der Waals surface area (Å²) in [4.78, 5) is 0. The van der Waals surface area contributed by atoms with Crippen molar-refractivity contribution in [3.8, 4) is 11.5 Å². The molecule has 0 fully saturated rings.